The fourth-order valence-corrected chi connectivity index (χ4v) is 2.82. The number of hydrogen-bond donors (Lipinski definition) is 2. The summed E-state index contributed by atoms with van der Waals surface area (Å²) in [6.45, 7) is 2.06. The Labute approximate surface area is 133 Å². The Kier molecular flexibility index (Phi) is 5.61. The minimum absolute atomic E-state index is 0.0957. The van der Waals surface area contributed by atoms with E-state index in [9.17, 15) is 9.59 Å². The van der Waals surface area contributed by atoms with Crippen molar-refractivity contribution in [2.24, 2.45) is 0 Å². The molecule has 114 valence electrons. The molecule has 2 N–H and O–H groups in total. The standard InChI is InChI=1S/C17H17NO3S/c1-12-4-2-3-5-14(12)10-22-11-16(19)18-15-8-6-13(7-9-15)17(20)21/h2-9H,10-11H2,1H3,(H,18,19)(H,20,21). The van der Waals surface area contributed by atoms with Gasteiger partial charge >= 0.3 is 5.97 Å². The van der Waals surface area contributed by atoms with Crippen LogP contribution in [0.25, 0.3) is 0 Å². The first-order valence-electron chi connectivity index (χ1n) is 6.82. The fourth-order valence-electron chi connectivity index (χ4n) is 1.92. The van der Waals surface area contributed by atoms with Crippen LogP contribution in [0, 0.1) is 6.92 Å². The van der Waals surface area contributed by atoms with Crippen LogP contribution < -0.4 is 5.32 Å². The average molecular weight is 315 g/mol. The number of thioether (sulfide) groups is 1. The highest BCUT2D eigenvalue weighted by Gasteiger charge is 2.06. The van der Waals surface area contributed by atoms with Crippen LogP contribution >= 0.6 is 11.8 Å². The third kappa shape index (κ3) is 4.63. The lowest BCUT2D eigenvalue weighted by Gasteiger charge is -2.07. The van der Waals surface area contributed by atoms with E-state index in [2.05, 4.69) is 24.4 Å². The highest BCUT2D eigenvalue weighted by molar-refractivity contribution is 7.99. The summed E-state index contributed by atoms with van der Waals surface area (Å²) in [7, 11) is 0. The molecule has 0 aliphatic rings. The number of anilines is 1. The molecule has 2 aromatic rings. The van der Waals surface area contributed by atoms with E-state index in [-0.39, 0.29) is 11.5 Å². The molecule has 0 aliphatic heterocycles. The summed E-state index contributed by atoms with van der Waals surface area (Å²) in [6, 6.07) is 14.2. The SMILES string of the molecule is Cc1ccccc1CSCC(=O)Nc1ccc(C(=O)O)cc1. The molecule has 0 saturated heterocycles. The molecule has 4 nitrogen and oxygen atoms in total. The molecule has 0 aromatic heterocycles. The number of aryl methyl sites for hydroxylation is 1. The molecule has 2 rings (SSSR count). The number of carboxylic acids is 1. The molecule has 0 saturated carbocycles. The van der Waals surface area contributed by atoms with Crippen LogP contribution in [0.4, 0.5) is 5.69 Å². The third-order valence-corrected chi connectivity index (χ3v) is 4.15. The number of hydrogen-bond acceptors (Lipinski definition) is 3. The molecule has 0 fully saturated rings. The molecule has 2 aromatic carbocycles. The Morgan fingerprint density at radius 3 is 2.41 bits per heavy atom. The fraction of sp³-hybridized carbons (Fsp3) is 0.176. The first-order valence-corrected chi connectivity index (χ1v) is 7.97. The van der Waals surface area contributed by atoms with Crippen LogP contribution in [0.3, 0.4) is 0 Å². The largest absolute Gasteiger partial charge is 0.478 e. The molecule has 0 aliphatic carbocycles. The van der Waals surface area contributed by atoms with Gasteiger partial charge in [0.2, 0.25) is 5.91 Å². The Morgan fingerprint density at radius 2 is 1.77 bits per heavy atom. The normalized spacial score (nSPS) is 10.2. The van der Waals surface area contributed by atoms with E-state index in [0.717, 1.165) is 5.75 Å². The van der Waals surface area contributed by atoms with Gasteiger partial charge in [0.1, 0.15) is 0 Å². The number of rotatable bonds is 6. The van der Waals surface area contributed by atoms with Crippen LogP contribution in [0.15, 0.2) is 48.5 Å². The number of carboxylic acid groups (broad SMARTS) is 1. The molecule has 0 atom stereocenters. The average Bonchev–Trinajstić information content (AvgIpc) is 2.50. The summed E-state index contributed by atoms with van der Waals surface area (Å²) in [5, 5.41) is 11.6. The molecule has 5 heteroatoms. The molecular weight excluding hydrogens is 298 g/mol. The van der Waals surface area contributed by atoms with Crippen LogP contribution in [-0.2, 0) is 10.5 Å². The van der Waals surface area contributed by atoms with Gasteiger partial charge in [0.15, 0.2) is 0 Å². The number of amides is 1. The second kappa shape index (κ2) is 7.66. The summed E-state index contributed by atoms with van der Waals surface area (Å²) in [4.78, 5) is 22.6. The zero-order valence-electron chi connectivity index (χ0n) is 12.2. The van der Waals surface area contributed by atoms with E-state index in [0.29, 0.717) is 11.4 Å². The second-order valence-corrected chi connectivity index (χ2v) is 5.84. The molecule has 0 radical (unpaired) electrons. The summed E-state index contributed by atoms with van der Waals surface area (Å²) < 4.78 is 0. The Hall–Kier alpha value is -2.27. The Morgan fingerprint density at radius 1 is 1.09 bits per heavy atom. The van der Waals surface area contributed by atoms with Crippen LogP contribution in [0.1, 0.15) is 21.5 Å². The molecule has 0 heterocycles. The van der Waals surface area contributed by atoms with E-state index in [1.807, 2.05) is 12.1 Å². The van der Waals surface area contributed by atoms with E-state index in [1.54, 1.807) is 23.9 Å². The van der Waals surface area contributed by atoms with Gasteiger partial charge in [0.05, 0.1) is 11.3 Å². The topological polar surface area (TPSA) is 66.4 Å². The van der Waals surface area contributed by atoms with E-state index in [1.165, 1.54) is 23.3 Å². The summed E-state index contributed by atoms with van der Waals surface area (Å²) in [5.41, 5.74) is 3.25. The van der Waals surface area contributed by atoms with Crippen LogP contribution in [0.2, 0.25) is 0 Å². The van der Waals surface area contributed by atoms with Gasteiger partial charge in [0.25, 0.3) is 0 Å². The van der Waals surface area contributed by atoms with Crippen molar-refractivity contribution < 1.29 is 14.7 Å². The smallest absolute Gasteiger partial charge is 0.335 e. The second-order valence-electron chi connectivity index (χ2n) is 4.85. The van der Waals surface area contributed by atoms with Crippen LogP contribution in [0.5, 0.6) is 0 Å². The number of carbonyl (C=O) groups is 2. The van der Waals surface area contributed by atoms with E-state index >= 15 is 0 Å². The highest BCUT2D eigenvalue weighted by atomic mass is 32.2. The maximum absolute atomic E-state index is 11.9. The third-order valence-electron chi connectivity index (χ3n) is 3.17. The molecular formula is C17H17NO3S. The molecule has 0 bridgehead atoms. The van der Waals surface area contributed by atoms with Gasteiger partial charge < -0.3 is 10.4 Å². The predicted molar refractivity (Wildman–Crippen MR) is 89.4 cm³/mol. The molecule has 0 unspecified atom stereocenters. The van der Waals surface area contributed by atoms with Crippen molar-refractivity contribution in [3.05, 3.63) is 65.2 Å². The van der Waals surface area contributed by atoms with Gasteiger partial charge in [-0.25, -0.2) is 4.79 Å². The lowest BCUT2D eigenvalue weighted by molar-refractivity contribution is -0.113. The lowest BCUT2D eigenvalue weighted by atomic mass is 10.1. The van der Waals surface area contributed by atoms with Crippen molar-refractivity contribution in [1.29, 1.82) is 0 Å². The lowest BCUT2D eigenvalue weighted by Crippen LogP contribution is -2.14. The minimum Gasteiger partial charge on any atom is -0.478 e. The summed E-state index contributed by atoms with van der Waals surface area (Å²) in [5.74, 6) is 0.0703. The van der Waals surface area contributed by atoms with E-state index < -0.39 is 5.97 Å². The number of carbonyl (C=O) groups excluding carboxylic acids is 1. The van der Waals surface area contributed by atoms with Crippen molar-refractivity contribution >= 4 is 29.3 Å². The zero-order valence-corrected chi connectivity index (χ0v) is 13.0. The monoisotopic (exact) mass is 315 g/mol. The van der Waals surface area contributed by atoms with E-state index in [4.69, 9.17) is 5.11 Å². The maximum Gasteiger partial charge on any atom is 0.335 e. The molecule has 22 heavy (non-hydrogen) atoms. The quantitative estimate of drug-likeness (QED) is 0.855. The van der Waals surface area contributed by atoms with Gasteiger partial charge in [-0.3, -0.25) is 4.79 Å². The number of benzene rings is 2. The van der Waals surface area contributed by atoms with Crippen molar-refractivity contribution in [2.45, 2.75) is 12.7 Å². The van der Waals surface area contributed by atoms with Crippen molar-refractivity contribution in [1.82, 2.24) is 0 Å². The summed E-state index contributed by atoms with van der Waals surface area (Å²) in [6.07, 6.45) is 0. The summed E-state index contributed by atoms with van der Waals surface area (Å²) >= 11 is 1.55. The Balaban J connectivity index is 1.80. The van der Waals surface area contributed by atoms with Crippen molar-refractivity contribution in [3.63, 3.8) is 0 Å². The first-order chi connectivity index (χ1) is 10.6. The molecule has 0 spiro atoms. The van der Waals surface area contributed by atoms with Gasteiger partial charge in [-0.15, -0.1) is 11.8 Å². The van der Waals surface area contributed by atoms with Gasteiger partial charge in [-0.1, -0.05) is 24.3 Å². The van der Waals surface area contributed by atoms with Gasteiger partial charge in [0, 0.05) is 11.4 Å². The van der Waals surface area contributed by atoms with Crippen molar-refractivity contribution in [2.75, 3.05) is 11.1 Å². The number of nitrogens with one attached hydrogen (secondary N) is 1. The van der Waals surface area contributed by atoms with Crippen molar-refractivity contribution in [3.8, 4) is 0 Å². The Bertz CT molecular complexity index is 668. The number of aromatic carboxylic acids is 1. The minimum atomic E-state index is -0.980. The maximum atomic E-state index is 11.9. The highest BCUT2D eigenvalue weighted by Crippen LogP contribution is 2.16. The van der Waals surface area contributed by atoms with Gasteiger partial charge in [-0.2, -0.15) is 0 Å². The van der Waals surface area contributed by atoms with Crippen LogP contribution in [-0.4, -0.2) is 22.7 Å². The zero-order chi connectivity index (χ0) is 15.9. The first kappa shape index (κ1) is 16.1. The van der Waals surface area contributed by atoms with Gasteiger partial charge in [-0.05, 0) is 42.3 Å². The molecule has 1 amide bonds. The predicted octanol–water partition coefficient (Wildman–Crippen LogP) is 3.57.